The minimum Gasteiger partial charge on any atom is -0.381 e. The SMILES string of the molecule is CC1CCC(N(C)C(=O)C2(CN)CCOCC2)CC1. The van der Waals surface area contributed by atoms with E-state index in [1.807, 2.05) is 11.9 Å². The molecule has 2 N–H and O–H groups in total. The van der Waals surface area contributed by atoms with Crippen molar-refractivity contribution < 1.29 is 9.53 Å². The Hall–Kier alpha value is -0.610. The summed E-state index contributed by atoms with van der Waals surface area (Å²) in [6.45, 7) is 4.08. The lowest BCUT2D eigenvalue weighted by atomic mass is 9.78. The van der Waals surface area contributed by atoms with Crippen LogP contribution in [0.3, 0.4) is 0 Å². The fraction of sp³-hybridized carbons (Fsp3) is 0.933. The molecule has 1 saturated carbocycles. The van der Waals surface area contributed by atoms with Crippen molar-refractivity contribution in [2.75, 3.05) is 26.8 Å². The van der Waals surface area contributed by atoms with E-state index >= 15 is 0 Å². The van der Waals surface area contributed by atoms with Crippen molar-refractivity contribution in [2.45, 2.75) is 51.5 Å². The summed E-state index contributed by atoms with van der Waals surface area (Å²) in [4.78, 5) is 14.8. The van der Waals surface area contributed by atoms with Crippen LogP contribution in [0.5, 0.6) is 0 Å². The number of amides is 1. The molecule has 0 aromatic heterocycles. The third kappa shape index (κ3) is 3.11. The van der Waals surface area contributed by atoms with Crippen LogP contribution >= 0.6 is 0 Å². The van der Waals surface area contributed by atoms with Gasteiger partial charge in [0, 0.05) is 32.8 Å². The minimum atomic E-state index is -0.365. The van der Waals surface area contributed by atoms with Crippen LogP contribution in [-0.2, 0) is 9.53 Å². The lowest BCUT2D eigenvalue weighted by Crippen LogP contribution is -2.52. The molecule has 19 heavy (non-hydrogen) atoms. The number of ether oxygens (including phenoxy) is 1. The Morgan fingerprint density at radius 1 is 1.26 bits per heavy atom. The molecule has 110 valence electrons. The molecule has 4 nitrogen and oxygen atoms in total. The molecule has 1 aliphatic heterocycles. The summed E-state index contributed by atoms with van der Waals surface area (Å²) in [7, 11) is 1.97. The van der Waals surface area contributed by atoms with Crippen LogP contribution in [0.15, 0.2) is 0 Å². The summed E-state index contributed by atoms with van der Waals surface area (Å²) in [5.74, 6) is 1.06. The van der Waals surface area contributed by atoms with Gasteiger partial charge >= 0.3 is 0 Å². The summed E-state index contributed by atoms with van der Waals surface area (Å²) in [5, 5.41) is 0. The second kappa shape index (κ2) is 6.23. The van der Waals surface area contributed by atoms with E-state index in [0.717, 1.165) is 31.6 Å². The molecule has 1 aliphatic carbocycles. The molecule has 0 aromatic carbocycles. The molecule has 1 saturated heterocycles. The topological polar surface area (TPSA) is 55.6 Å². The Kier molecular flexibility index (Phi) is 4.85. The summed E-state index contributed by atoms with van der Waals surface area (Å²) in [5.41, 5.74) is 5.56. The van der Waals surface area contributed by atoms with Crippen LogP contribution < -0.4 is 5.73 Å². The highest BCUT2D eigenvalue weighted by molar-refractivity contribution is 5.83. The molecule has 0 aromatic rings. The van der Waals surface area contributed by atoms with Gasteiger partial charge in [-0.15, -0.1) is 0 Å². The number of hydrogen-bond donors (Lipinski definition) is 1. The average Bonchev–Trinajstić information content (AvgIpc) is 2.47. The molecule has 0 bridgehead atoms. The van der Waals surface area contributed by atoms with Crippen LogP contribution in [0.4, 0.5) is 0 Å². The van der Waals surface area contributed by atoms with E-state index in [-0.39, 0.29) is 11.3 Å². The van der Waals surface area contributed by atoms with Gasteiger partial charge in [0.25, 0.3) is 0 Å². The van der Waals surface area contributed by atoms with Crippen LogP contribution in [0.2, 0.25) is 0 Å². The molecule has 2 rings (SSSR count). The second-order valence-electron chi connectivity index (χ2n) is 6.43. The van der Waals surface area contributed by atoms with E-state index in [2.05, 4.69) is 6.92 Å². The maximum Gasteiger partial charge on any atom is 0.230 e. The van der Waals surface area contributed by atoms with Gasteiger partial charge in [-0.3, -0.25) is 4.79 Å². The highest BCUT2D eigenvalue weighted by Crippen LogP contribution is 2.34. The molecule has 0 radical (unpaired) electrons. The molecule has 0 unspecified atom stereocenters. The highest BCUT2D eigenvalue weighted by Gasteiger charge is 2.42. The van der Waals surface area contributed by atoms with Gasteiger partial charge in [0.15, 0.2) is 0 Å². The first-order valence-corrected chi connectivity index (χ1v) is 7.64. The monoisotopic (exact) mass is 268 g/mol. The van der Waals surface area contributed by atoms with Gasteiger partial charge in [-0.05, 0) is 44.4 Å². The van der Waals surface area contributed by atoms with Crippen molar-refractivity contribution in [1.29, 1.82) is 0 Å². The molecule has 0 atom stereocenters. The number of nitrogens with two attached hydrogens (primary N) is 1. The van der Waals surface area contributed by atoms with Crippen molar-refractivity contribution in [2.24, 2.45) is 17.1 Å². The van der Waals surface area contributed by atoms with E-state index < -0.39 is 0 Å². The predicted octanol–water partition coefficient (Wildman–Crippen LogP) is 1.78. The summed E-state index contributed by atoms with van der Waals surface area (Å²) >= 11 is 0. The Balaban J connectivity index is 2.00. The Morgan fingerprint density at radius 3 is 2.37 bits per heavy atom. The van der Waals surface area contributed by atoms with Gasteiger partial charge in [-0.25, -0.2) is 0 Å². The lowest BCUT2D eigenvalue weighted by Gasteiger charge is -2.42. The number of carbonyl (C=O) groups excluding carboxylic acids is 1. The van der Waals surface area contributed by atoms with Gasteiger partial charge in [0.1, 0.15) is 0 Å². The number of nitrogens with zero attached hydrogens (tertiary/aromatic N) is 1. The number of carbonyl (C=O) groups is 1. The molecule has 1 amide bonds. The molecular weight excluding hydrogens is 240 g/mol. The van der Waals surface area contributed by atoms with Crippen molar-refractivity contribution in [1.82, 2.24) is 4.90 Å². The van der Waals surface area contributed by atoms with Crippen molar-refractivity contribution in [3.05, 3.63) is 0 Å². The fourth-order valence-electron chi connectivity index (χ4n) is 3.44. The zero-order valence-corrected chi connectivity index (χ0v) is 12.4. The van der Waals surface area contributed by atoms with E-state index in [1.54, 1.807) is 0 Å². The average molecular weight is 268 g/mol. The predicted molar refractivity (Wildman–Crippen MR) is 75.7 cm³/mol. The minimum absolute atomic E-state index is 0.248. The Bertz CT molecular complexity index is 305. The van der Waals surface area contributed by atoms with Gasteiger partial charge in [0.05, 0.1) is 5.41 Å². The number of hydrogen-bond acceptors (Lipinski definition) is 3. The zero-order chi connectivity index (χ0) is 13.9. The number of rotatable bonds is 3. The first kappa shape index (κ1) is 14.8. The van der Waals surface area contributed by atoms with Gasteiger partial charge in [-0.1, -0.05) is 6.92 Å². The van der Waals surface area contributed by atoms with Crippen molar-refractivity contribution in [3.8, 4) is 0 Å². The third-order valence-corrected chi connectivity index (χ3v) is 5.15. The lowest BCUT2D eigenvalue weighted by molar-refractivity contribution is -0.148. The van der Waals surface area contributed by atoms with Crippen molar-refractivity contribution in [3.63, 3.8) is 0 Å². The normalized spacial score (nSPS) is 30.9. The molecule has 0 spiro atoms. The first-order valence-electron chi connectivity index (χ1n) is 7.64. The highest BCUT2D eigenvalue weighted by atomic mass is 16.5. The maximum atomic E-state index is 12.8. The van der Waals surface area contributed by atoms with Crippen LogP contribution in [0.25, 0.3) is 0 Å². The molecule has 2 aliphatic rings. The molecular formula is C15H28N2O2. The van der Waals surface area contributed by atoms with Gasteiger partial charge in [0.2, 0.25) is 5.91 Å². The van der Waals surface area contributed by atoms with E-state index in [4.69, 9.17) is 10.5 Å². The van der Waals surface area contributed by atoms with Crippen LogP contribution in [0, 0.1) is 11.3 Å². The Morgan fingerprint density at radius 2 is 1.84 bits per heavy atom. The Labute approximate surface area is 116 Å². The summed E-state index contributed by atoms with van der Waals surface area (Å²) in [6, 6.07) is 0.412. The molecule has 2 fully saturated rings. The standard InChI is InChI=1S/C15H28N2O2/c1-12-3-5-13(6-4-12)17(2)14(18)15(11-16)7-9-19-10-8-15/h12-13H,3-11,16H2,1-2H3. The summed E-state index contributed by atoms with van der Waals surface area (Å²) in [6.07, 6.45) is 6.30. The summed E-state index contributed by atoms with van der Waals surface area (Å²) < 4.78 is 5.39. The van der Waals surface area contributed by atoms with E-state index in [0.29, 0.717) is 25.8 Å². The van der Waals surface area contributed by atoms with E-state index in [1.165, 1.54) is 12.8 Å². The van der Waals surface area contributed by atoms with E-state index in [9.17, 15) is 4.79 Å². The van der Waals surface area contributed by atoms with Crippen LogP contribution in [0.1, 0.15) is 45.4 Å². The molecule has 1 heterocycles. The third-order valence-electron chi connectivity index (χ3n) is 5.15. The fourth-order valence-corrected chi connectivity index (χ4v) is 3.44. The van der Waals surface area contributed by atoms with Gasteiger partial charge < -0.3 is 15.4 Å². The largest absolute Gasteiger partial charge is 0.381 e. The quantitative estimate of drug-likeness (QED) is 0.849. The first-order chi connectivity index (χ1) is 9.09. The smallest absolute Gasteiger partial charge is 0.230 e. The maximum absolute atomic E-state index is 12.8. The molecule has 4 heteroatoms. The van der Waals surface area contributed by atoms with Gasteiger partial charge in [-0.2, -0.15) is 0 Å². The van der Waals surface area contributed by atoms with Crippen molar-refractivity contribution >= 4 is 5.91 Å². The van der Waals surface area contributed by atoms with Crippen LogP contribution in [-0.4, -0.2) is 43.7 Å². The second-order valence-corrected chi connectivity index (χ2v) is 6.43. The zero-order valence-electron chi connectivity index (χ0n) is 12.4.